The van der Waals surface area contributed by atoms with Crippen LogP contribution in [0.2, 0.25) is 0 Å². The van der Waals surface area contributed by atoms with E-state index in [2.05, 4.69) is 40.1 Å². The minimum absolute atomic E-state index is 0.0880. The van der Waals surface area contributed by atoms with Crippen LogP contribution in [-0.4, -0.2) is 74.2 Å². The van der Waals surface area contributed by atoms with Gasteiger partial charge in [0.15, 0.2) is 0 Å². The zero-order valence-electron chi connectivity index (χ0n) is 16.6. The van der Waals surface area contributed by atoms with Gasteiger partial charge in [0.1, 0.15) is 0 Å². The smallest absolute Gasteiger partial charge is 0.254 e. The number of benzene rings is 2. The summed E-state index contributed by atoms with van der Waals surface area (Å²) >= 11 is 0. The molecule has 0 saturated carbocycles. The van der Waals surface area contributed by atoms with E-state index < -0.39 is 0 Å². The highest BCUT2D eigenvalue weighted by atomic mass is 16.5. The molecule has 0 N–H and O–H groups in total. The topological polar surface area (TPSA) is 36.0 Å². The van der Waals surface area contributed by atoms with Gasteiger partial charge in [0.2, 0.25) is 0 Å². The summed E-state index contributed by atoms with van der Waals surface area (Å²) in [6.07, 6.45) is 0.0880. The molecule has 2 aliphatic rings. The van der Waals surface area contributed by atoms with Crippen molar-refractivity contribution in [1.82, 2.24) is 9.80 Å². The molecule has 2 aliphatic heterocycles. The molecular formula is C23H29N3O2. The lowest BCUT2D eigenvalue weighted by Crippen LogP contribution is -2.53. The summed E-state index contributed by atoms with van der Waals surface area (Å²) in [5.41, 5.74) is 3.14. The molecule has 1 amide bonds. The first-order valence-electron chi connectivity index (χ1n) is 10.2. The highest BCUT2D eigenvalue weighted by Gasteiger charge is 2.28. The predicted octanol–water partition coefficient (Wildman–Crippen LogP) is 2.66. The van der Waals surface area contributed by atoms with E-state index in [0.29, 0.717) is 19.7 Å². The summed E-state index contributed by atoms with van der Waals surface area (Å²) < 4.78 is 5.99. The van der Waals surface area contributed by atoms with Crippen molar-refractivity contribution < 1.29 is 9.53 Å². The number of carbonyl (C=O) groups excluding carboxylic acids is 1. The van der Waals surface area contributed by atoms with Crippen molar-refractivity contribution in [2.45, 2.75) is 13.0 Å². The second-order valence-corrected chi connectivity index (χ2v) is 7.68. The van der Waals surface area contributed by atoms with Gasteiger partial charge in [-0.2, -0.15) is 0 Å². The third kappa shape index (κ3) is 4.37. The Morgan fingerprint density at radius 1 is 0.964 bits per heavy atom. The van der Waals surface area contributed by atoms with E-state index in [0.717, 1.165) is 43.9 Å². The number of rotatable bonds is 4. The lowest BCUT2D eigenvalue weighted by molar-refractivity contribution is -0.0363. The minimum atomic E-state index is 0.0880. The third-order valence-corrected chi connectivity index (χ3v) is 5.76. The Hall–Kier alpha value is -2.37. The minimum Gasteiger partial charge on any atom is -0.373 e. The number of carbonyl (C=O) groups is 1. The summed E-state index contributed by atoms with van der Waals surface area (Å²) in [6.45, 7) is 8.97. The van der Waals surface area contributed by atoms with E-state index in [1.807, 2.05) is 36.1 Å². The van der Waals surface area contributed by atoms with Crippen LogP contribution in [0.1, 0.15) is 15.9 Å². The van der Waals surface area contributed by atoms with Gasteiger partial charge in [-0.05, 0) is 30.7 Å². The summed E-state index contributed by atoms with van der Waals surface area (Å²) in [5, 5.41) is 0. The molecule has 2 fully saturated rings. The molecule has 0 bridgehead atoms. The van der Waals surface area contributed by atoms with Crippen LogP contribution < -0.4 is 4.90 Å². The molecule has 5 heteroatoms. The Kier molecular flexibility index (Phi) is 5.93. The van der Waals surface area contributed by atoms with Crippen LogP contribution in [0.4, 0.5) is 5.69 Å². The van der Waals surface area contributed by atoms with Crippen LogP contribution in [0.3, 0.4) is 0 Å². The highest BCUT2D eigenvalue weighted by Crippen LogP contribution is 2.18. The number of morpholine rings is 1. The zero-order chi connectivity index (χ0) is 19.3. The van der Waals surface area contributed by atoms with E-state index in [1.165, 1.54) is 5.69 Å². The standard InChI is InChI=1S/C23H29N3O2/c1-19-7-5-6-10-22(19)23(27)26-15-16-28-21(18-26)17-24-11-13-25(14-12-24)20-8-3-2-4-9-20/h2-10,21H,11-18H2,1H3. The third-order valence-electron chi connectivity index (χ3n) is 5.76. The van der Waals surface area contributed by atoms with Gasteiger partial charge < -0.3 is 14.5 Å². The molecular weight excluding hydrogens is 350 g/mol. The maximum absolute atomic E-state index is 12.9. The van der Waals surface area contributed by atoms with Gasteiger partial charge in [-0.15, -0.1) is 0 Å². The second-order valence-electron chi connectivity index (χ2n) is 7.68. The van der Waals surface area contributed by atoms with Crippen molar-refractivity contribution in [3.63, 3.8) is 0 Å². The Labute approximate surface area is 167 Å². The molecule has 0 radical (unpaired) electrons. The molecule has 5 nitrogen and oxygen atoms in total. The summed E-state index contributed by atoms with van der Waals surface area (Å²) in [7, 11) is 0. The fourth-order valence-electron chi connectivity index (χ4n) is 4.11. The van der Waals surface area contributed by atoms with Crippen LogP contribution in [0, 0.1) is 6.92 Å². The molecule has 1 unspecified atom stereocenters. The summed E-state index contributed by atoms with van der Waals surface area (Å²) in [5.74, 6) is 0.125. The molecule has 2 saturated heterocycles. The SMILES string of the molecule is Cc1ccccc1C(=O)N1CCOC(CN2CCN(c3ccccc3)CC2)C1. The van der Waals surface area contributed by atoms with Crippen LogP contribution in [0.5, 0.6) is 0 Å². The average Bonchev–Trinajstić information content (AvgIpc) is 2.75. The van der Waals surface area contributed by atoms with E-state index in [9.17, 15) is 4.79 Å². The van der Waals surface area contributed by atoms with Gasteiger partial charge in [0.05, 0.1) is 12.7 Å². The van der Waals surface area contributed by atoms with E-state index in [1.54, 1.807) is 0 Å². The van der Waals surface area contributed by atoms with E-state index in [4.69, 9.17) is 4.74 Å². The Morgan fingerprint density at radius 2 is 1.68 bits per heavy atom. The Morgan fingerprint density at radius 3 is 2.43 bits per heavy atom. The number of hydrogen-bond donors (Lipinski definition) is 0. The number of ether oxygens (including phenoxy) is 1. The van der Waals surface area contributed by atoms with E-state index >= 15 is 0 Å². The quantitative estimate of drug-likeness (QED) is 0.818. The molecule has 4 rings (SSSR count). The largest absolute Gasteiger partial charge is 0.373 e. The van der Waals surface area contributed by atoms with Crippen LogP contribution in [0.15, 0.2) is 54.6 Å². The molecule has 28 heavy (non-hydrogen) atoms. The number of anilines is 1. The molecule has 2 aromatic rings. The van der Waals surface area contributed by atoms with Gasteiger partial charge >= 0.3 is 0 Å². The first-order valence-corrected chi connectivity index (χ1v) is 10.2. The fourth-order valence-corrected chi connectivity index (χ4v) is 4.11. The number of nitrogens with zero attached hydrogens (tertiary/aromatic N) is 3. The number of piperazine rings is 1. The zero-order valence-corrected chi connectivity index (χ0v) is 16.6. The highest BCUT2D eigenvalue weighted by molar-refractivity contribution is 5.95. The van der Waals surface area contributed by atoms with Crippen molar-refractivity contribution in [3.05, 3.63) is 65.7 Å². The Bertz CT molecular complexity index is 787. The monoisotopic (exact) mass is 379 g/mol. The first kappa shape index (κ1) is 19.0. The van der Waals surface area contributed by atoms with Crippen LogP contribution in [0.25, 0.3) is 0 Å². The van der Waals surface area contributed by atoms with Crippen molar-refractivity contribution in [3.8, 4) is 0 Å². The normalized spacial score (nSPS) is 21.0. The van der Waals surface area contributed by atoms with Crippen LogP contribution in [-0.2, 0) is 4.74 Å². The van der Waals surface area contributed by atoms with Gasteiger partial charge in [-0.25, -0.2) is 0 Å². The van der Waals surface area contributed by atoms with Gasteiger partial charge in [0, 0.05) is 57.1 Å². The molecule has 0 aromatic heterocycles. The van der Waals surface area contributed by atoms with E-state index in [-0.39, 0.29) is 12.0 Å². The molecule has 0 spiro atoms. The lowest BCUT2D eigenvalue weighted by Gasteiger charge is -2.40. The average molecular weight is 380 g/mol. The lowest BCUT2D eigenvalue weighted by atomic mass is 10.1. The summed E-state index contributed by atoms with van der Waals surface area (Å²) in [4.78, 5) is 19.8. The maximum atomic E-state index is 12.9. The Balaban J connectivity index is 1.30. The molecule has 148 valence electrons. The number of hydrogen-bond acceptors (Lipinski definition) is 4. The van der Waals surface area contributed by atoms with Crippen molar-refractivity contribution >= 4 is 11.6 Å². The van der Waals surface area contributed by atoms with Crippen molar-refractivity contribution in [2.24, 2.45) is 0 Å². The van der Waals surface area contributed by atoms with Crippen molar-refractivity contribution in [1.29, 1.82) is 0 Å². The van der Waals surface area contributed by atoms with Gasteiger partial charge in [-0.1, -0.05) is 36.4 Å². The molecule has 1 atom stereocenters. The maximum Gasteiger partial charge on any atom is 0.254 e. The first-order chi connectivity index (χ1) is 13.7. The van der Waals surface area contributed by atoms with Gasteiger partial charge in [-0.3, -0.25) is 9.69 Å². The fraction of sp³-hybridized carbons (Fsp3) is 0.435. The second kappa shape index (κ2) is 8.76. The number of aryl methyl sites for hydroxylation is 1. The number of para-hydroxylation sites is 1. The molecule has 0 aliphatic carbocycles. The van der Waals surface area contributed by atoms with Crippen LogP contribution >= 0.6 is 0 Å². The van der Waals surface area contributed by atoms with Crippen molar-refractivity contribution in [2.75, 3.05) is 57.3 Å². The number of amides is 1. The predicted molar refractivity (Wildman–Crippen MR) is 112 cm³/mol. The molecule has 2 aromatic carbocycles. The molecule has 2 heterocycles. The summed E-state index contributed by atoms with van der Waals surface area (Å²) in [6, 6.07) is 18.4. The van der Waals surface area contributed by atoms with Gasteiger partial charge in [0.25, 0.3) is 5.91 Å².